The van der Waals surface area contributed by atoms with Crippen LogP contribution in [0, 0.1) is 0 Å². The van der Waals surface area contributed by atoms with Crippen molar-refractivity contribution < 1.29 is 9.59 Å². The van der Waals surface area contributed by atoms with Crippen LogP contribution in [0.3, 0.4) is 0 Å². The summed E-state index contributed by atoms with van der Waals surface area (Å²) in [6.07, 6.45) is 1.43. The van der Waals surface area contributed by atoms with Crippen LogP contribution in [-0.4, -0.2) is 28.3 Å². The van der Waals surface area contributed by atoms with Gasteiger partial charge in [-0.3, -0.25) is 9.59 Å². The van der Waals surface area contributed by atoms with E-state index in [0.29, 0.717) is 30.9 Å². The van der Waals surface area contributed by atoms with Crippen LogP contribution in [0.5, 0.6) is 0 Å². The molecule has 0 spiro atoms. The highest BCUT2D eigenvalue weighted by Crippen LogP contribution is 2.22. The van der Waals surface area contributed by atoms with Crippen LogP contribution < -0.4 is 10.2 Å². The first kappa shape index (κ1) is 15.4. The molecule has 0 bridgehead atoms. The lowest BCUT2D eigenvalue weighted by Gasteiger charge is -2.16. The van der Waals surface area contributed by atoms with Gasteiger partial charge in [-0.05, 0) is 36.8 Å². The number of H-pyrrole nitrogens is 1. The lowest BCUT2D eigenvalue weighted by atomic mass is 10.1. The van der Waals surface area contributed by atoms with Crippen molar-refractivity contribution in [3.05, 3.63) is 59.9 Å². The number of nitrogens with one attached hydrogen (secondary N) is 2. The Bertz CT molecular complexity index is 914. The van der Waals surface area contributed by atoms with Crippen LogP contribution in [0.15, 0.2) is 48.5 Å². The second kappa shape index (κ2) is 6.39. The van der Waals surface area contributed by atoms with E-state index in [1.165, 1.54) is 0 Å². The maximum absolute atomic E-state index is 12.4. The monoisotopic (exact) mass is 334 g/mol. The Hall–Kier alpha value is -3.15. The third-order valence-corrected chi connectivity index (χ3v) is 4.35. The predicted octanol–water partition coefficient (Wildman–Crippen LogP) is 2.62. The molecule has 1 fully saturated rings. The summed E-state index contributed by atoms with van der Waals surface area (Å²) in [7, 11) is 0. The first-order chi connectivity index (χ1) is 12.2. The van der Waals surface area contributed by atoms with Crippen LogP contribution in [0.4, 0.5) is 5.69 Å². The summed E-state index contributed by atoms with van der Waals surface area (Å²) in [4.78, 5) is 33.7. The zero-order valence-electron chi connectivity index (χ0n) is 13.7. The van der Waals surface area contributed by atoms with Crippen LogP contribution in [0.25, 0.3) is 11.0 Å². The van der Waals surface area contributed by atoms with E-state index in [9.17, 15) is 9.59 Å². The van der Waals surface area contributed by atoms with Gasteiger partial charge >= 0.3 is 0 Å². The zero-order chi connectivity index (χ0) is 17.2. The molecule has 1 aliphatic rings. The van der Waals surface area contributed by atoms with Gasteiger partial charge in [-0.15, -0.1) is 0 Å². The number of amides is 2. The molecule has 1 saturated heterocycles. The first-order valence-electron chi connectivity index (χ1n) is 8.33. The summed E-state index contributed by atoms with van der Waals surface area (Å²) in [5, 5.41) is 2.87. The molecular weight excluding hydrogens is 316 g/mol. The smallest absolute Gasteiger partial charge is 0.251 e. The number of hydrogen-bond acceptors (Lipinski definition) is 3. The van der Waals surface area contributed by atoms with Gasteiger partial charge in [-0.1, -0.05) is 18.2 Å². The quantitative estimate of drug-likeness (QED) is 0.770. The fourth-order valence-electron chi connectivity index (χ4n) is 3.09. The number of anilines is 1. The number of hydrogen-bond donors (Lipinski definition) is 2. The van der Waals surface area contributed by atoms with Crippen molar-refractivity contribution in [1.82, 2.24) is 15.3 Å². The topological polar surface area (TPSA) is 78.1 Å². The van der Waals surface area contributed by atoms with Crippen LogP contribution in [-0.2, 0) is 11.3 Å². The maximum atomic E-state index is 12.4. The van der Waals surface area contributed by atoms with Crippen molar-refractivity contribution in [3.63, 3.8) is 0 Å². The molecule has 2 heterocycles. The summed E-state index contributed by atoms with van der Waals surface area (Å²) in [6, 6.07) is 14.9. The van der Waals surface area contributed by atoms with Gasteiger partial charge in [0.1, 0.15) is 5.82 Å². The number of nitrogens with zero attached hydrogens (tertiary/aromatic N) is 2. The van der Waals surface area contributed by atoms with E-state index in [1.54, 1.807) is 23.1 Å². The first-order valence-corrected chi connectivity index (χ1v) is 8.33. The summed E-state index contributed by atoms with van der Waals surface area (Å²) in [6.45, 7) is 1.03. The van der Waals surface area contributed by atoms with E-state index in [1.807, 2.05) is 30.3 Å². The van der Waals surface area contributed by atoms with Gasteiger partial charge in [0.05, 0.1) is 17.6 Å². The number of carbonyl (C=O) groups excluding carboxylic acids is 2. The molecule has 1 aromatic heterocycles. The van der Waals surface area contributed by atoms with Gasteiger partial charge in [0.25, 0.3) is 5.91 Å². The van der Waals surface area contributed by atoms with E-state index in [4.69, 9.17) is 0 Å². The average Bonchev–Trinajstić information content (AvgIpc) is 3.25. The number of aromatic amines is 1. The van der Waals surface area contributed by atoms with E-state index < -0.39 is 0 Å². The highest BCUT2D eigenvalue weighted by Gasteiger charge is 2.22. The molecule has 0 atom stereocenters. The Morgan fingerprint density at radius 2 is 2.08 bits per heavy atom. The van der Waals surface area contributed by atoms with E-state index >= 15 is 0 Å². The standard InChI is InChI=1S/C19H18N4O2/c24-18-9-4-10-23(18)14-6-3-5-13(11-14)19(25)20-12-17-21-15-7-1-2-8-16(15)22-17/h1-3,5-8,11H,4,9-10,12H2,(H,20,25)(H,21,22). The number of imidazole rings is 1. The summed E-state index contributed by atoms with van der Waals surface area (Å²) in [5.41, 5.74) is 3.13. The lowest BCUT2D eigenvalue weighted by Crippen LogP contribution is -2.26. The van der Waals surface area contributed by atoms with Crippen molar-refractivity contribution in [3.8, 4) is 0 Å². The molecule has 2 amide bonds. The maximum Gasteiger partial charge on any atom is 0.251 e. The SMILES string of the molecule is O=C(NCc1nc2ccccc2[nH]1)c1cccc(N2CCCC2=O)c1. The number of benzene rings is 2. The molecule has 2 aromatic carbocycles. The average molecular weight is 334 g/mol. The molecule has 1 aliphatic heterocycles. The van der Waals surface area contributed by atoms with Crippen molar-refractivity contribution in [2.45, 2.75) is 19.4 Å². The van der Waals surface area contributed by atoms with Crippen LogP contribution >= 0.6 is 0 Å². The van der Waals surface area contributed by atoms with E-state index in [0.717, 1.165) is 23.1 Å². The molecule has 4 rings (SSSR count). The van der Waals surface area contributed by atoms with Crippen molar-refractivity contribution >= 4 is 28.5 Å². The molecular formula is C19H18N4O2. The Balaban J connectivity index is 1.46. The number of carbonyl (C=O) groups is 2. The number of para-hydroxylation sites is 2. The second-order valence-corrected chi connectivity index (χ2v) is 6.08. The highest BCUT2D eigenvalue weighted by atomic mass is 16.2. The Morgan fingerprint density at radius 3 is 2.88 bits per heavy atom. The molecule has 0 aliphatic carbocycles. The predicted molar refractivity (Wildman–Crippen MR) is 95.3 cm³/mol. The summed E-state index contributed by atoms with van der Waals surface area (Å²) < 4.78 is 0. The van der Waals surface area contributed by atoms with Gasteiger partial charge in [-0.25, -0.2) is 4.98 Å². The van der Waals surface area contributed by atoms with Crippen molar-refractivity contribution in [2.24, 2.45) is 0 Å². The fraction of sp³-hybridized carbons (Fsp3) is 0.211. The van der Waals surface area contributed by atoms with Crippen molar-refractivity contribution in [1.29, 1.82) is 0 Å². The normalized spacial score (nSPS) is 14.2. The summed E-state index contributed by atoms with van der Waals surface area (Å²) in [5.74, 6) is 0.634. The lowest BCUT2D eigenvalue weighted by molar-refractivity contribution is -0.117. The number of fused-ring (bicyclic) bond motifs is 1. The molecule has 25 heavy (non-hydrogen) atoms. The molecule has 126 valence electrons. The van der Waals surface area contributed by atoms with Gasteiger partial charge in [-0.2, -0.15) is 0 Å². The Morgan fingerprint density at radius 1 is 1.20 bits per heavy atom. The molecule has 2 N–H and O–H groups in total. The minimum Gasteiger partial charge on any atom is -0.345 e. The largest absolute Gasteiger partial charge is 0.345 e. The Labute approximate surface area is 144 Å². The van der Waals surface area contributed by atoms with Gasteiger partial charge in [0.15, 0.2) is 0 Å². The summed E-state index contributed by atoms with van der Waals surface area (Å²) >= 11 is 0. The second-order valence-electron chi connectivity index (χ2n) is 6.08. The number of rotatable bonds is 4. The minimum atomic E-state index is -0.186. The molecule has 0 unspecified atom stereocenters. The van der Waals surface area contributed by atoms with Gasteiger partial charge < -0.3 is 15.2 Å². The third-order valence-electron chi connectivity index (χ3n) is 4.35. The molecule has 0 saturated carbocycles. The third kappa shape index (κ3) is 3.10. The highest BCUT2D eigenvalue weighted by molar-refractivity contribution is 5.99. The van der Waals surface area contributed by atoms with Gasteiger partial charge in [0, 0.05) is 24.2 Å². The molecule has 0 radical (unpaired) electrons. The molecule has 6 nitrogen and oxygen atoms in total. The van der Waals surface area contributed by atoms with Crippen LogP contribution in [0.2, 0.25) is 0 Å². The van der Waals surface area contributed by atoms with Gasteiger partial charge in [0.2, 0.25) is 5.91 Å². The minimum absolute atomic E-state index is 0.111. The number of aromatic nitrogens is 2. The van der Waals surface area contributed by atoms with E-state index in [2.05, 4.69) is 15.3 Å². The van der Waals surface area contributed by atoms with Crippen LogP contribution in [0.1, 0.15) is 29.0 Å². The Kier molecular flexibility index (Phi) is 3.93. The zero-order valence-corrected chi connectivity index (χ0v) is 13.7. The molecule has 6 heteroatoms. The van der Waals surface area contributed by atoms with Crippen molar-refractivity contribution in [2.75, 3.05) is 11.4 Å². The fourth-order valence-corrected chi connectivity index (χ4v) is 3.09. The molecule has 3 aromatic rings. The van der Waals surface area contributed by atoms with E-state index in [-0.39, 0.29) is 11.8 Å².